The third-order valence-corrected chi connectivity index (χ3v) is 4.20. The molecule has 0 radical (unpaired) electrons. The van der Waals surface area contributed by atoms with E-state index in [0.29, 0.717) is 11.1 Å². The summed E-state index contributed by atoms with van der Waals surface area (Å²) in [5.74, 6) is -0.783. The quantitative estimate of drug-likeness (QED) is 0.881. The average Bonchev–Trinajstić information content (AvgIpc) is 2.88. The van der Waals surface area contributed by atoms with Crippen LogP contribution in [0, 0.1) is 17.2 Å². The first-order chi connectivity index (χ1) is 11.6. The van der Waals surface area contributed by atoms with Gasteiger partial charge in [-0.3, -0.25) is 9.69 Å². The minimum atomic E-state index is -1.26. The molecule has 0 saturated carbocycles. The number of carbonyl (C=O) groups is 2. The van der Waals surface area contributed by atoms with Crippen molar-refractivity contribution in [2.24, 2.45) is 5.92 Å². The molecule has 24 heavy (non-hydrogen) atoms. The maximum absolute atomic E-state index is 13.2. The lowest BCUT2D eigenvalue weighted by molar-refractivity contribution is -0.130. The van der Waals surface area contributed by atoms with E-state index in [0.717, 1.165) is 4.90 Å². The van der Waals surface area contributed by atoms with E-state index in [2.05, 4.69) is 11.4 Å². The van der Waals surface area contributed by atoms with E-state index in [1.165, 1.54) is 0 Å². The van der Waals surface area contributed by atoms with Gasteiger partial charge < -0.3 is 5.32 Å². The molecule has 0 aliphatic carbocycles. The van der Waals surface area contributed by atoms with Gasteiger partial charge in [-0.1, -0.05) is 60.7 Å². The summed E-state index contributed by atoms with van der Waals surface area (Å²) < 4.78 is 0. The van der Waals surface area contributed by atoms with Crippen molar-refractivity contribution in [2.45, 2.75) is 12.5 Å². The Kier molecular flexibility index (Phi) is 4.05. The molecule has 0 bridgehead atoms. The van der Waals surface area contributed by atoms with Crippen LogP contribution in [0.15, 0.2) is 60.7 Å². The average molecular weight is 319 g/mol. The smallest absolute Gasteiger partial charge is 0.315 e. The lowest BCUT2D eigenvalue weighted by Gasteiger charge is -2.28. The van der Waals surface area contributed by atoms with Crippen LogP contribution in [0.4, 0.5) is 4.79 Å². The van der Waals surface area contributed by atoms with Gasteiger partial charge in [0.05, 0.1) is 12.0 Å². The Hall–Kier alpha value is -3.13. The Morgan fingerprint density at radius 2 is 1.54 bits per heavy atom. The van der Waals surface area contributed by atoms with Crippen molar-refractivity contribution in [3.05, 3.63) is 71.8 Å². The summed E-state index contributed by atoms with van der Waals surface area (Å²) in [6, 6.07) is 19.9. The monoisotopic (exact) mass is 319 g/mol. The number of amides is 3. The van der Waals surface area contributed by atoms with Gasteiger partial charge in [-0.05, 0) is 18.1 Å². The molecule has 2 aromatic carbocycles. The zero-order chi connectivity index (χ0) is 17.2. The van der Waals surface area contributed by atoms with Crippen LogP contribution in [-0.2, 0) is 10.3 Å². The molecule has 0 aromatic heterocycles. The second-order valence-electron chi connectivity index (χ2n) is 5.86. The van der Waals surface area contributed by atoms with E-state index in [1.54, 1.807) is 6.92 Å². The predicted octanol–water partition coefficient (Wildman–Crippen LogP) is 2.64. The van der Waals surface area contributed by atoms with Crippen molar-refractivity contribution in [2.75, 3.05) is 6.54 Å². The van der Waals surface area contributed by atoms with Crippen molar-refractivity contribution in [3.8, 4) is 6.07 Å². The molecule has 1 aliphatic heterocycles. The van der Waals surface area contributed by atoms with Crippen LogP contribution in [0.25, 0.3) is 0 Å². The fourth-order valence-electron chi connectivity index (χ4n) is 2.99. The molecule has 1 atom stereocenters. The fraction of sp³-hybridized carbons (Fsp3) is 0.211. The summed E-state index contributed by atoms with van der Waals surface area (Å²) in [6.07, 6.45) is 0. The van der Waals surface area contributed by atoms with E-state index in [4.69, 9.17) is 5.26 Å². The SMILES string of the molecule is C[C@H](C#N)CN1C(=O)NC(c2ccccc2)(c2ccccc2)C1=O. The molecule has 120 valence electrons. The molecule has 0 spiro atoms. The predicted molar refractivity (Wildman–Crippen MR) is 88.7 cm³/mol. The molecule has 5 nitrogen and oxygen atoms in total. The lowest BCUT2D eigenvalue weighted by atomic mass is 9.82. The van der Waals surface area contributed by atoms with Crippen LogP contribution >= 0.6 is 0 Å². The van der Waals surface area contributed by atoms with E-state index >= 15 is 0 Å². The molecular weight excluding hydrogens is 302 g/mol. The molecule has 1 saturated heterocycles. The van der Waals surface area contributed by atoms with E-state index < -0.39 is 17.5 Å². The van der Waals surface area contributed by atoms with Crippen molar-refractivity contribution in [3.63, 3.8) is 0 Å². The second-order valence-corrected chi connectivity index (χ2v) is 5.86. The van der Waals surface area contributed by atoms with Crippen molar-refractivity contribution in [1.29, 1.82) is 5.26 Å². The van der Waals surface area contributed by atoms with E-state index in [1.807, 2.05) is 60.7 Å². The highest BCUT2D eigenvalue weighted by Crippen LogP contribution is 2.36. The Bertz CT molecular complexity index is 757. The number of carbonyl (C=O) groups excluding carboxylic acids is 2. The number of urea groups is 1. The first-order valence-electron chi connectivity index (χ1n) is 7.74. The number of nitriles is 1. The van der Waals surface area contributed by atoms with Gasteiger partial charge in [0.2, 0.25) is 0 Å². The van der Waals surface area contributed by atoms with E-state index in [-0.39, 0.29) is 12.5 Å². The maximum Gasteiger partial charge on any atom is 0.325 e. The first kappa shape index (κ1) is 15.8. The zero-order valence-corrected chi connectivity index (χ0v) is 13.3. The number of nitrogens with zero attached hydrogens (tertiary/aromatic N) is 2. The molecule has 5 heteroatoms. The third kappa shape index (κ3) is 2.42. The van der Waals surface area contributed by atoms with Crippen LogP contribution < -0.4 is 5.32 Å². The standard InChI is InChI=1S/C19H17N3O2/c1-14(12-20)13-22-17(23)19(21-18(22)24,15-8-4-2-5-9-15)16-10-6-3-7-11-16/h2-11,14H,13H2,1H3,(H,21,24)/t14-/m1/s1. The van der Waals surface area contributed by atoms with Gasteiger partial charge in [0.15, 0.2) is 5.54 Å². The van der Waals surface area contributed by atoms with Crippen molar-refractivity contribution >= 4 is 11.9 Å². The molecule has 3 rings (SSSR count). The van der Waals surface area contributed by atoms with Gasteiger partial charge in [0.25, 0.3) is 5.91 Å². The van der Waals surface area contributed by atoms with Crippen LogP contribution in [0.2, 0.25) is 0 Å². The molecule has 1 aliphatic rings. The van der Waals surface area contributed by atoms with Gasteiger partial charge >= 0.3 is 6.03 Å². The van der Waals surface area contributed by atoms with Gasteiger partial charge in [0.1, 0.15) is 0 Å². The molecule has 1 fully saturated rings. The number of benzene rings is 2. The normalized spacial score (nSPS) is 17.2. The molecule has 2 aromatic rings. The Morgan fingerprint density at radius 1 is 1.04 bits per heavy atom. The zero-order valence-electron chi connectivity index (χ0n) is 13.3. The summed E-state index contributed by atoms with van der Waals surface area (Å²) >= 11 is 0. The summed E-state index contributed by atoms with van der Waals surface area (Å²) in [6.45, 7) is 1.76. The number of imide groups is 1. The number of rotatable bonds is 4. The maximum atomic E-state index is 13.2. The minimum Gasteiger partial charge on any atom is -0.315 e. The van der Waals surface area contributed by atoms with Crippen molar-refractivity contribution < 1.29 is 9.59 Å². The van der Waals surface area contributed by atoms with Gasteiger partial charge in [-0.25, -0.2) is 4.79 Å². The minimum absolute atomic E-state index is 0.0720. The van der Waals surface area contributed by atoms with Gasteiger partial charge in [-0.2, -0.15) is 5.26 Å². The molecular formula is C19H17N3O2. The highest BCUT2D eigenvalue weighted by atomic mass is 16.2. The third-order valence-electron chi connectivity index (χ3n) is 4.20. The van der Waals surface area contributed by atoms with Gasteiger partial charge in [-0.15, -0.1) is 0 Å². The van der Waals surface area contributed by atoms with Crippen LogP contribution in [0.3, 0.4) is 0 Å². The molecule has 1 heterocycles. The van der Waals surface area contributed by atoms with Crippen LogP contribution in [0.1, 0.15) is 18.1 Å². The second kappa shape index (κ2) is 6.17. The first-order valence-corrected chi connectivity index (χ1v) is 7.74. The highest BCUT2D eigenvalue weighted by molar-refractivity contribution is 6.09. The van der Waals surface area contributed by atoms with Crippen LogP contribution in [0.5, 0.6) is 0 Å². The summed E-state index contributed by atoms with van der Waals surface area (Å²) in [5.41, 5.74) is 0.137. The Balaban J connectivity index is 2.13. The van der Waals surface area contributed by atoms with E-state index in [9.17, 15) is 9.59 Å². The number of nitrogens with one attached hydrogen (secondary N) is 1. The largest absolute Gasteiger partial charge is 0.325 e. The summed E-state index contributed by atoms with van der Waals surface area (Å²) in [7, 11) is 0. The molecule has 3 amide bonds. The van der Waals surface area contributed by atoms with Crippen LogP contribution in [-0.4, -0.2) is 23.4 Å². The summed E-state index contributed by atoms with van der Waals surface area (Å²) in [4.78, 5) is 26.8. The number of hydrogen-bond acceptors (Lipinski definition) is 3. The Labute approximate surface area is 140 Å². The Morgan fingerprint density at radius 3 is 2.00 bits per heavy atom. The fourth-order valence-corrected chi connectivity index (χ4v) is 2.99. The number of hydrogen-bond donors (Lipinski definition) is 1. The molecule has 0 unspecified atom stereocenters. The van der Waals surface area contributed by atoms with Crippen molar-refractivity contribution in [1.82, 2.24) is 10.2 Å². The highest BCUT2D eigenvalue weighted by Gasteiger charge is 2.53. The van der Waals surface area contributed by atoms with Gasteiger partial charge in [0, 0.05) is 6.54 Å². The lowest BCUT2D eigenvalue weighted by Crippen LogP contribution is -2.45. The molecule has 1 N–H and O–H groups in total. The summed E-state index contributed by atoms with van der Waals surface area (Å²) in [5, 5.41) is 11.9. The topological polar surface area (TPSA) is 73.2 Å².